The molecule has 0 amide bonds. The van der Waals surface area contributed by atoms with E-state index in [1.807, 2.05) is 0 Å². The van der Waals surface area contributed by atoms with Crippen molar-refractivity contribution in [2.75, 3.05) is 19.1 Å². The number of rotatable bonds is 3. The second kappa shape index (κ2) is 6.26. The van der Waals surface area contributed by atoms with Gasteiger partial charge >= 0.3 is 5.97 Å². The maximum absolute atomic E-state index is 14.5. The molecular formula is C14H11BrFN3O4S. The highest BCUT2D eigenvalue weighted by Crippen LogP contribution is 2.31. The number of nitriles is 1. The fraction of sp³-hybridized carbons (Fsp3) is 0.143. The molecule has 0 radical (unpaired) electrons. The van der Waals surface area contributed by atoms with E-state index < -0.39 is 21.6 Å². The number of carbonyl (C=O) groups is 1. The number of nitrogens with two attached hydrogens (primary N) is 1. The zero-order chi connectivity index (χ0) is 18.2. The number of methoxy groups -OCH3 is 1. The van der Waals surface area contributed by atoms with Gasteiger partial charge < -0.3 is 15.0 Å². The standard InChI is InChI=1S/C14H11BrFN3O4S/c1-23-14(20)13-12(18)7(5-17)6-19(13)10-3-8(15)11(4-9(10)16)24(2,21)22/h3-4,6H,18H2,1-2H3. The highest BCUT2D eigenvalue weighted by atomic mass is 79.9. The molecule has 1 aromatic carbocycles. The van der Waals surface area contributed by atoms with Crippen LogP contribution in [-0.4, -0.2) is 32.3 Å². The minimum Gasteiger partial charge on any atom is -0.464 e. The van der Waals surface area contributed by atoms with Crippen LogP contribution in [0.25, 0.3) is 5.69 Å². The third-order valence-corrected chi connectivity index (χ3v) is 5.26. The highest BCUT2D eigenvalue weighted by Gasteiger charge is 2.25. The molecule has 24 heavy (non-hydrogen) atoms. The molecule has 0 saturated heterocycles. The van der Waals surface area contributed by atoms with Crippen molar-refractivity contribution in [3.8, 4) is 11.8 Å². The van der Waals surface area contributed by atoms with Gasteiger partial charge in [-0.25, -0.2) is 17.6 Å². The Hall–Kier alpha value is -2.38. The fourth-order valence-corrected chi connectivity index (χ4v) is 4.04. The number of nitrogen functional groups attached to an aromatic ring is 1. The topological polar surface area (TPSA) is 115 Å². The summed E-state index contributed by atoms with van der Waals surface area (Å²) in [6.07, 6.45) is 2.11. The third kappa shape index (κ3) is 3.00. The smallest absolute Gasteiger partial charge is 0.357 e. The van der Waals surface area contributed by atoms with Crippen molar-refractivity contribution in [2.45, 2.75) is 4.90 Å². The zero-order valence-electron chi connectivity index (χ0n) is 12.5. The first-order chi connectivity index (χ1) is 11.1. The predicted molar refractivity (Wildman–Crippen MR) is 87.0 cm³/mol. The Bertz CT molecular complexity index is 992. The molecule has 126 valence electrons. The molecule has 7 nitrogen and oxygen atoms in total. The molecular weight excluding hydrogens is 405 g/mol. The average molecular weight is 416 g/mol. The van der Waals surface area contributed by atoms with Crippen molar-refractivity contribution in [2.24, 2.45) is 0 Å². The Morgan fingerprint density at radius 2 is 2.08 bits per heavy atom. The number of hydrogen-bond donors (Lipinski definition) is 1. The van der Waals surface area contributed by atoms with E-state index in [4.69, 9.17) is 11.0 Å². The van der Waals surface area contributed by atoms with Gasteiger partial charge in [0.2, 0.25) is 0 Å². The van der Waals surface area contributed by atoms with Crippen LogP contribution in [0.15, 0.2) is 27.7 Å². The molecule has 2 rings (SSSR count). The van der Waals surface area contributed by atoms with E-state index in [2.05, 4.69) is 20.7 Å². The minimum atomic E-state index is -3.66. The van der Waals surface area contributed by atoms with Crippen LogP contribution in [0, 0.1) is 17.1 Å². The number of aromatic nitrogens is 1. The van der Waals surface area contributed by atoms with Gasteiger partial charge in [0.1, 0.15) is 11.9 Å². The SMILES string of the molecule is COC(=O)c1c(N)c(C#N)cn1-c1cc(Br)c(S(C)(=O)=O)cc1F. The molecule has 0 spiro atoms. The van der Waals surface area contributed by atoms with Gasteiger partial charge in [0, 0.05) is 16.9 Å². The van der Waals surface area contributed by atoms with Crippen LogP contribution in [0.1, 0.15) is 16.1 Å². The number of esters is 1. The van der Waals surface area contributed by atoms with Crippen molar-refractivity contribution < 1.29 is 22.3 Å². The monoisotopic (exact) mass is 415 g/mol. The van der Waals surface area contributed by atoms with Crippen LogP contribution < -0.4 is 5.73 Å². The van der Waals surface area contributed by atoms with Crippen molar-refractivity contribution >= 4 is 37.4 Å². The summed E-state index contributed by atoms with van der Waals surface area (Å²) in [6.45, 7) is 0. The van der Waals surface area contributed by atoms with Gasteiger partial charge in [-0.2, -0.15) is 5.26 Å². The van der Waals surface area contributed by atoms with Crippen LogP contribution >= 0.6 is 15.9 Å². The number of hydrogen-bond acceptors (Lipinski definition) is 6. The quantitative estimate of drug-likeness (QED) is 0.766. The largest absolute Gasteiger partial charge is 0.464 e. The summed E-state index contributed by atoms with van der Waals surface area (Å²) in [6, 6.07) is 3.79. The molecule has 0 atom stereocenters. The van der Waals surface area contributed by atoms with Crippen LogP contribution in [0.5, 0.6) is 0 Å². The van der Waals surface area contributed by atoms with Crippen molar-refractivity contribution in [3.05, 3.63) is 39.9 Å². The maximum atomic E-state index is 14.5. The molecule has 0 fully saturated rings. The summed E-state index contributed by atoms with van der Waals surface area (Å²) < 4.78 is 43.5. The van der Waals surface area contributed by atoms with Crippen LogP contribution in [0.2, 0.25) is 0 Å². The summed E-state index contributed by atoms with van der Waals surface area (Å²) in [5, 5.41) is 9.05. The van der Waals surface area contributed by atoms with Gasteiger partial charge in [0.15, 0.2) is 15.5 Å². The van der Waals surface area contributed by atoms with E-state index in [1.165, 1.54) is 12.3 Å². The second-order valence-electron chi connectivity index (χ2n) is 4.78. The number of halogens is 2. The minimum absolute atomic E-state index is 0.0434. The van der Waals surface area contributed by atoms with E-state index in [9.17, 15) is 17.6 Å². The molecule has 0 aliphatic heterocycles. The number of nitrogens with zero attached hydrogens (tertiary/aromatic N) is 2. The van der Waals surface area contributed by atoms with Crippen LogP contribution in [-0.2, 0) is 14.6 Å². The Labute approximate surface area is 145 Å². The fourth-order valence-electron chi connectivity index (χ4n) is 2.09. The normalized spacial score (nSPS) is 11.1. The Morgan fingerprint density at radius 1 is 1.46 bits per heavy atom. The lowest BCUT2D eigenvalue weighted by Crippen LogP contribution is -2.12. The van der Waals surface area contributed by atoms with E-state index in [0.717, 1.165) is 24.0 Å². The second-order valence-corrected chi connectivity index (χ2v) is 7.62. The van der Waals surface area contributed by atoms with Crippen molar-refractivity contribution in [1.82, 2.24) is 4.57 Å². The molecule has 0 bridgehead atoms. The number of carbonyl (C=O) groups excluding carboxylic acids is 1. The van der Waals surface area contributed by atoms with Gasteiger partial charge in [-0.1, -0.05) is 0 Å². The molecule has 2 N–H and O–H groups in total. The molecule has 0 unspecified atom stereocenters. The Kier molecular flexibility index (Phi) is 4.68. The molecule has 1 heterocycles. The molecule has 1 aromatic heterocycles. The predicted octanol–water partition coefficient (Wildman–Crippen LogP) is 2.02. The van der Waals surface area contributed by atoms with Gasteiger partial charge in [-0.15, -0.1) is 0 Å². The lowest BCUT2D eigenvalue weighted by atomic mass is 10.2. The molecule has 2 aromatic rings. The molecule has 0 aliphatic carbocycles. The Morgan fingerprint density at radius 3 is 2.58 bits per heavy atom. The highest BCUT2D eigenvalue weighted by molar-refractivity contribution is 9.10. The van der Waals surface area contributed by atoms with E-state index in [0.29, 0.717) is 0 Å². The van der Waals surface area contributed by atoms with Crippen molar-refractivity contribution in [1.29, 1.82) is 5.26 Å². The molecule has 0 saturated carbocycles. The lowest BCUT2D eigenvalue weighted by Gasteiger charge is -2.12. The van der Waals surface area contributed by atoms with E-state index >= 15 is 0 Å². The lowest BCUT2D eigenvalue weighted by molar-refractivity contribution is 0.0593. The number of ether oxygens (including phenoxy) is 1. The zero-order valence-corrected chi connectivity index (χ0v) is 14.9. The summed E-state index contributed by atoms with van der Waals surface area (Å²) >= 11 is 3.06. The number of benzene rings is 1. The summed E-state index contributed by atoms with van der Waals surface area (Å²) in [5.74, 6) is -1.78. The van der Waals surface area contributed by atoms with Gasteiger partial charge in [-0.05, 0) is 28.1 Å². The first kappa shape index (κ1) is 18.0. The third-order valence-electron chi connectivity index (χ3n) is 3.20. The van der Waals surface area contributed by atoms with Gasteiger partial charge in [0.25, 0.3) is 0 Å². The van der Waals surface area contributed by atoms with Gasteiger partial charge in [0.05, 0.1) is 28.9 Å². The summed E-state index contributed by atoms with van der Waals surface area (Å²) in [7, 11) is -2.54. The van der Waals surface area contributed by atoms with E-state index in [-0.39, 0.29) is 32.0 Å². The van der Waals surface area contributed by atoms with Crippen LogP contribution in [0.3, 0.4) is 0 Å². The molecule has 0 aliphatic rings. The first-order valence-corrected chi connectivity index (χ1v) is 8.99. The molecule has 10 heteroatoms. The maximum Gasteiger partial charge on any atom is 0.357 e. The summed E-state index contributed by atoms with van der Waals surface area (Å²) in [4.78, 5) is 11.7. The van der Waals surface area contributed by atoms with Crippen molar-refractivity contribution in [3.63, 3.8) is 0 Å². The first-order valence-electron chi connectivity index (χ1n) is 6.30. The average Bonchev–Trinajstić information content (AvgIpc) is 2.83. The number of anilines is 1. The van der Waals surface area contributed by atoms with E-state index in [1.54, 1.807) is 6.07 Å². The van der Waals surface area contributed by atoms with Gasteiger partial charge in [-0.3, -0.25) is 0 Å². The summed E-state index contributed by atoms with van der Waals surface area (Å²) in [5.41, 5.74) is 5.14. The number of sulfone groups is 1. The van der Waals surface area contributed by atoms with Crippen LogP contribution in [0.4, 0.5) is 10.1 Å². The Balaban J connectivity index is 2.81.